The molecule has 0 amide bonds. The van der Waals surface area contributed by atoms with E-state index in [1.165, 1.54) is 0 Å². The molecule has 0 spiro atoms. The average Bonchev–Trinajstić information content (AvgIpc) is 3.25. The maximum absolute atomic E-state index is 12.0. The lowest BCUT2D eigenvalue weighted by molar-refractivity contribution is -0.148. The Morgan fingerprint density at radius 3 is 2.79 bits per heavy atom. The second-order valence-corrected chi connectivity index (χ2v) is 7.18. The molecule has 0 bridgehead atoms. The first-order valence-corrected chi connectivity index (χ1v) is 9.87. The van der Waals surface area contributed by atoms with Crippen LogP contribution in [-0.4, -0.2) is 46.0 Å². The van der Waals surface area contributed by atoms with E-state index in [-0.39, 0.29) is 17.8 Å². The molecule has 8 nitrogen and oxygen atoms in total. The van der Waals surface area contributed by atoms with Gasteiger partial charge in [-0.15, -0.1) is 10.2 Å². The van der Waals surface area contributed by atoms with E-state index in [4.69, 9.17) is 20.9 Å². The lowest BCUT2D eigenvalue weighted by atomic mass is 9.98. The van der Waals surface area contributed by atoms with Gasteiger partial charge in [0.15, 0.2) is 11.5 Å². The Hall–Kier alpha value is -3.00. The Morgan fingerprint density at radius 1 is 1.24 bits per heavy atom. The predicted molar refractivity (Wildman–Crippen MR) is 107 cm³/mol. The number of hydrogen-bond acceptors (Lipinski definition) is 8. The summed E-state index contributed by atoms with van der Waals surface area (Å²) in [6.45, 7) is 3.62. The lowest BCUT2D eigenvalue weighted by Gasteiger charge is -2.31. The summed E-state index contributed by atoms with van der Waals surface area (Å²) in [7, 11) is 0. The number of anilines is 1. The molecule has 0 radical (unpaired) electrons. The van der Waals surface area contributed by atoms with Crippen LogP contribution in [0.1, 0.15) is 19.8 Å². The highest BCUT2D eigenvalue weighted by Gasteiger charge is 2.27. The molecule has 4 rings (SSSR count). The molecule has 29 heavy (non-hydrogen) atoms. The van der Waals surface area contributed by atoms with Gasteiger partial charge in [0, 0.05) is 23.7 Å². The number of nitrogens with zero attached hydrogens (tertiary/aromatic N) is 5. The maximum atomic E-state index is 12.0. The van der Waals surface area contributed by atoms with Gasteiger partial charge in [-0.25, -0.2) is 0 Å². The third-order valence-electron chi connectivity index (χ3n) is 4.76. The summed E-state index contributed by atoms with van der Waals surface area (Å²) in [4.78, 5) is 18.5. The zero-order valence-electron chi connectivity index (χ0n) is 15.9. The summed E-state index contributed by atoms with van der Waals surface area (Å²) < 4.78 is 10.5. The number of carbonyl (C=O) groups excluding carboxylic acids is 1. The Kier molecular flexibility index (Phi) is 5.71. The van der Waals surface area contributed by atoms with Crippen molar-refractivity contribution in [1.82, 2.24) is 20.3 Å². The number of hydrogen-bond donors (Lipinski definition) is 0. The molecule has 1 fully saturated rings. The highest BCUT2D eigenvalue weighted by atomic mass is 35.5. The van der Waals surface area contributed by atoms with E-state index in [9.17, 15) is 4.79 Å². The highest BCUT2D eigenvalue weighted by molar-refractivity contribution is 6.30. The van der Waals surface area contributed by atoms with Gasteiger partial charge in [-0.2, -0.15) is 4.98 Å². The van der Waals surface area contributed by atoms with Crippen molar-refractivity contribution in [3.63, 3.8) is 0 Å². The number of benzene rings is 1. The molecule has 3 heterocycles. The molecule has 1 aliphatic heterocycles. The van der Waals surface area contributed by atoms with E-state index in [2.05, 4.69) is 25.2 Å². The molecular formula is C20H20ClN5O3. The van der Waals surface area contributed by atoms with Crippen LogP contribution in [0, 0.1) is 5.92 Å². The Balaban J connectivity index is 1.47. The van der Waals surface area contributed by atoms with E-state index < -0.39 is 0 Å². The van der Waals surface area contributed by atoms with E-state index >= 15 is 0 Å². The summed E-state index contributed by atoms with van der Waals surface area (Å²) in [5.74, 6) is 1.17. The van der Waals surface area contributed by atoms with Crippen molar-refractivity contribution in [2.45, 2.75) is 19.8 Å². The quantitative estimate of drug-likeness (QED) is 0.585. The van der Waals surface area contributed by atoms with Gasteiger partial charge < -0.3 is 14.2 Å². The Bertz CT molecular complexity index is 975. The number of esters is 1. The zero-order valence-corrected chi connectivity index (χ0v) is 16.7. The molecule has 1 atom stereocenters. The van der Waals surface area contributed by atoms with Crippen molar-refractivity contribution >= 4 is 23.4 Å². The number of ether oxygens (including phenoxy) is 1. The van der Waals surface area contributed by atoms with Crippen LogP contribution in [0.3, 0.4) is 0 Å². The molecule has 0 aliphatic carbocycles. The minimum atomic E-state index is -0.151. The third kappa shape index (κ3) is 4.37. The fourth-order valence-corrected chi connectivity index (χ4v) is 3.42. The molecule has 1 aliphatic rings. The predicted octanol–water partition coefficient (Wildman–Crippen LogP) is 3.63. The standard InChI is InChI=1S/C20H20ClN5O3/c1-2-28-20(27)14-4-3-11-26(12-14)17-10-9-16(23-24-17)19-22-18(25-29-19)13-5-7-15(21)8-6-13/h5-10,14H,2-4,11-12H2,1H3/t14-/m1/s1. The monoisotopic (exact) mass is 413 g/mol. The van der Waals surface area contributed by atoms with Gasteiger partial charge in [0.05, 0.1) is 12.5 Å². The molecule has 3 aromatic rings. The minimum Gasteiger partial charge on any atom is -0.466 e. The van der Waals surface area contributed by atoms with E-state index in [1.54, 1.807) is 18.2 Å². The van der Waals surface area contributed by atoms with Crippen LogP contribution >= 0.6 is 11.6 Å². The normalized spacial score (nSPS) is 16.6. The maximum Gasteiger partial charge on any atom is 0.310 e. The van der Waals surface area contributed by atoms with Crippen molar-refractivity contribution in [1.29, 1.82) is 0 Å². The third-order valence-corrected chi connectivity index (χ3v) is 5.02. The highest BCUT2D eigenvalue weighted by Crippen LogP contribution is 2.25. The summed E-state index contributed by atoms with van der Waals surface area (Å²) >= 11 is 5.91. The molecule has 2 aromatic heterocycles. The smallest absolute Gasteiger partial charge is 0.310 e. The van der Waals surface area contributed by atoms with Crippen molar-refractivity contribution < 1.29 is 14.1 Å². The van der Waals surface area contributed by atoms with Crippen molar-refractivity contribution in [2.24, 2.45) is 5.92 Å². The molecule has 150 valence electrons. The molecule has 0 unspecified atom stereocenters. The summed E-state index contributed by atoms with van der Waals surface area (Å²) in [6.07, 6.45) is 1.73. The molecule has 0 saturated carbocycles. The van der Waals surface area contributed by atoms with Crippen LogP contribution in [0.5, 0.6) is 0 Å². The van der Waals surface area contributed by atoms with Gasteiger partial charge in [0.2, 0.25) is 5.82 Å². The molecular weight excluding hydrogens is 394 g/mol. The van der Waals surface area contributed by atoms with Gasteiger partial charge in [-0.1, -0.05) is 16.8 Å². The number of halogens is 1. The van der Waals surface area contributed by atoms with Gasteiger partial charge in [0.1, 0.15) is 0 Å². The van der Waals surface area contributed by atoms with Crippen LogP contribution in [0.25, 0.3) is 23.0 Å². The molecule has 9 heteroatoms. The lowest BCUT2D eigenvalue weighted by Crippen LogP contribution is -2.39. The number of aromatic nitrogens is 4. The Labute approximate surface area is 172 Å². The first-order valence-electron chi connectivity index (χ1n) is 9.49. The van der Waals surface area contributed by atoms with Gasteiger partial charge >= 0.3 is 5.97 Å². The first kappa shape index (κ1) is 19.3. The van der Waals surface area contributed by atoms with Gasteiger partial charge in [-0.05, 0) is 56.2 Å². The second kappa shape index (κ2) is 8.57. The number of piperidine rings is 1. The van der Waals surface area contributed by atoms with Crippen LogP contribution in [0.2, 0.25) is 5.02 Å². The van der Waals surface area contributed by atoms with Crippen LogP contribution in [-0.2, 0) is 9.53 Å². The Morgan fingerprint density at radius 2 is 2.07 bits per heavy atom. The first-order chi connectivity index (χ1) is 14.1. The number of carbonyl (C=O) groups is 1. The molecule has 0 N–H and O–H groups in total. The SMILES string of the molecule is CCOC(=O)[C@@H]1CCCN(c2ccc(-c3nc(-c4ccc(Cl)cc4)no3)nn2)C1. The zero-order chi connectivity index (χ0) is 20.2. The van der Waals surface area contributed by atoms with Crippen molar-refractivity contribution in [3.05, 3.63) is 41.4 Å². The summed E-state index contributed by atoms with van der Waals surface area (Å²) in [5.41, 5.74) is 1.28. The van der Waals surface area contributed by atoms with E-state index in [1.807, 2.05) is 25.1 Å². The summed E-state index contributed by atoms with van der Waals surface area (Å²) in [6, 6.07) is 10.8. The van der Waals surface area contributed by atoms with Gasteiger partial charge in [0.25, 0.3) is 5.89 Å². The number of rotatable bonds is 5. The van der Waals surface area contributed by atoms with Crippen molar-refractivity contribution in [2.75, 3.05) is 24.6 Å². The molecule has 1 aromatic carbocycles. The second-order valence-electron chi connectivity index (χ2n) is 6.74. The van der Waals surface area contributed by atoms with Crippen LogP contribution in [0.15, 0.2) is 40.9 Å². The van der Waals surface area contributed by atoms with Gasteiger partial charge in [-0.3, -0.25) is 4.79 Å². The molecule has 1 saturated heterocycles. The average molecular weight is 414 g/mol. The fourth-order valence-electron chi connectivity index (χ4n) is 3.29. The fraction of sp³-hybridized carbons (Fsp3) is 0.350. The van der Waals surface area contributed by atoms with E-state index in [0.29, 0.717) is 35.5 Å². The largest absolute Gasteiger partial charge is 0.466 e. The van der Waals surface area contributed by atoms with Crippen molar-refractivity contribution in [3.8, 4) is 23.0 Å². The topological polar surface area (TPSA) is 94.2 Å². The van der Waals surface area contributed by atoms with Crippen LogP contribution < -0.4 is 4.90 Å². The van der Waals surface area contributed by atoms with E-state index in [0.717, 1.165) is 24.9 Å². The summed E-state index contributed by atoms with van der Waals surface area (Å²) in [5, 5.41) is 13.2. The van der Waals surface area contributed by atoms with Crippen LogP contribution in [0.4, 0.5) is 5.82 Å². The minimum absolute atomic E-state index is 0.136.